The van der Waals surface area contributed by atoms with Crippen LogP contribution in [-0.4, -0.2) is 26.0 Å². The van der Waals surface area contributed by atoms with Crippen LogP contribution in [0.5, 0.6) is 0 Å². The number of nitrogen functional groups attached to an aromatic ring is 1. The van der Waals surface area contributed by atoms with Crippen LogP contribution in [0, 0.1) is 6.92 Å². The maximum atomic E-state index is 12.0. The molecule has 8 heteroatoms. The third-order valence-electron chi connectivity index (χ3n) is 2.32. The highest BCUT2D eigenvalue weighted by Crippen LogP contribution is 2.15. The number of nitrogens with one attached hydrogen (secondary N) is 1. The fourth-order valence-electron chi connectivity index (χ4n) is 1.37. The third kappa shape index (κ3) is 2.84. The van der Waals surface area contributed by atoms with Crippen LogP contribution < -0.4 is 11.1 Å². The molecule has 0 fully saturated rings. The zero-order chi connectivity index (χ0) is 14.0. The minimum atomic E-state index is -0.509. The Labute approximate surface area is 109 Å². The fourth-order valence-corrected chi connectivity index (χ4v) is 1.37. The minimum Gasteiger partial charge on any atom is -0.396 e. The van der Waals surface area contributed by atoms with Gasteiger partial charge in [0.1, 0.15) is 5.82 Å². The van der Waals surface area contributed by atoms with Gasteiger partial charge in [0.25, 0.3) is 5.91 Å². The first kappa shape index (κ1) is 12.9. The highest BCUT2D eigenvalue weighted by atomic mass is 16.5. The summed E-state index contributed by atoms with van der Waals surface area (Å²) in [4.78, 5) is 24.1. The number of amides is 1. The van der Waals surface area contributed by atoms with Gasteiger partial charge in [0.15, 0.2) is 11.5 Å². The SMILES string of the molecule is Cc1noc(NC(=O)c2nc(C(C)C)ncc2N)n1. The molecule has 0 saturated carbocycles. The maximum absolute atomic E-state index is 12.0. The first-order valence-corrected chi connectivity index (χ1v) is 5.71. The predicted molar refractivity (Wildman–Crippen MR) is 67.5 cm³/mol. The number of carbonyl (C=O) groups excluding carboxylic acids is 1. The summed E-state index contributed by atoms with van der Waals surface area (Å²) in [7, 11) is 0. The quantitative estimate of drug-likeness (QED) is 0.850. The minimum absolute atomic E-state index is 0.00612. The number of aryl methyl sites for hydroxylation is 1. The third-order valence-corrected chi connectivity index (χ3v) is 2.32. The second-order valence-electron chi connectivity index (χ2n) is 4.29. The molecule has 0 saturated heterocycles. The van der Waals surface area contributed by atoms with Crippen LogP contribution >= 0.6 is 0 Å². The van der Waals surface area contributed by atoms with E-state index in [0.717, 1.165) is 0 Å². The molecule has 1 amide bonds. The second-order valence-corrected chi connectivity index (χ2v) is 4.29. The second kappa shape index (κ2) is 5.01. The van der Waals surface area contributed by atoms with Gasteiger partial charge in [0.2, 0.25) is 0 Å². The molecule has 100 valence electrons. The van der Waals surface area contributed by atoms with Gasteiger partial charge in [-0.15, -0.1) is 0 Å². The number of carbonyl (C=O) groups is 1. The van der Waals surface area contributed by atoms with Crippen LogP contribution in [0.4, 0.5) is 11.7 Å². The van der Waals surface area contributed by atoms with E-state index in [1.54, 1.807) is 6.92 Å². The van der Waals surface area contributed by atoms with E-state index in [4.69, 9.17) is 10.3 Å². The highest BCUT2D eigenvalue weighted by Gasteiger charge is 2.17. The van der Waals surface area contributed by atoms with Crippen molar-refractivity contribution in [2.75, 3.05) is 11.1 Å². The van der Waals surface area contributed by atoms with Crippen LogP contribution in [0.2, 0.25) is 0 Å². The summed E-state index contributed by atoms with van der Waals surface area (Å²) < 4.78 is 4.80. The van der Waals surface area contributed by atoms with Gasteiger partial charge >= 0.3 is 6.01 Å². The highest BCUT2D eigenvalue weighted by molar-refractivity contribution is 6.05. The van der Waals surface area contributed by atoms with E-state index in [-0.39, 0.29) is 23.3 Å². The molecule has 2 aromatic heterocycles. The van der Waals surface area contributed by atoms with E-state index in [1.807, 2.05) is 13.8 Å². The molecule has 8 nitrogen and oxygen atoms in total. The number of hydrogen-bond donors (Lipinski definition) is 2. The van der Waals surface area contributed by atoms with Crippen molar-refractivity contribution in [3.8, 4) is 0 Å². The number of hydrogen-bond acceptors (Lipinski definition) is 7. The molecule has 0 aliphatic carbocycles. The number of nitrogens with zero attached hydrogens (tertiary/aromatic N) is 4. The summed E-state index contributed by atoms with van der Waals surface area (Å²) in [5.74, 6) is 0.554. The van der Waals surface area contributed by atoms with Crippen LogP contribution in [0.1, 0.15) is 41.9 Å². The Kier molecular flexibility index (Phi) is 3.41. The van der Waals surface area contributed by atoms with Crippen molar-refractivity contribution in [2.24, 2.45) is 0 Å². The predicted octanol–water partition coefficient (Wildman–Crippen LogP) is 1.13. The van der Waals surface area contributed by atoms with Crippen molar-refractivity contribution in [3.05, 3.63) is 23.5 Å². The van der Waals surface area contributed by atoms with E-state index in [9.17, 15) is 4.79 Å². The summed E-state index contributed by atoms with van der Waals surface area (Å²) in [6.45, 7) is 5.50. The van der Waals surface area contributed by atoms with Crippen molar-refractivity contribution >= 4 is 17.6 Å². The van der Waals surface area contributed by atoms with E-state index in [1.165, 1.54) is 6.20 Å². The Morgan fingerprint density at radius 2 is 2.16 bits per heavy atom. The van der Waals surface area contributed by atoms with Gasteiger partial charge in [-0.1, -0.05) is 19.0 Å². The first-order valence-electron chi connectivity index (χ1n) is 5.71. The zero-order valence-corrected chi connectivity index (χ0v) is 10.8. The molecule has 2 heterocycles. The van der Waals surface area contributed by atoms with E-state index in [2.05, 4.69) is 25.4 Å². The van der Waals surface area contributed by atoms with Gasteiger partial charge in [-0.25, -0.2) is 9.97 Å². The van der Waals surface area contributed by atoms with Crippen molar-refractivity contribution in [1.82, 2.24) is 20.1 Å². The molecule has 2 aromatic rings. The fraction of sp³-hybridized carbons (Fsp3) is 0.364. The molecule has 0 radical (unpaired) electrons. The van der Waals surface area contributed by atoms with E-state index >= 15 is 0 Å². The first-order chi connectivity index (χ1) is 8.97. The topological polar surface area (TPSA) is 120 Å². The van der Waals surface area contributed by atoms with Crippen molar-refractivity contribution in [3.63, 3.8) is 0 Å². The monoisotopic (exact) mass is 262 g/mol. The Morgan fingerprint density at radius 3 is 2.74 bits per heavy atom. The molecule has 19 heavy (non-hydrogen) atoms. The molecule has 0 aromatic carbocycles. The molecular formula is C11H14N6O2. The summed E-state index contributed by atoms with van der Waals surface area (Å²) in [5, 5.41) is 6.00. The summed E-state index contributed by atoms with van der Waals surface area (Å²) >= 11 is 0. The molecule has 0 atom stereocenters. The lowest BCUT2D eigenvalue weighted by Gasteiger charge is -2.07. The largest absolute Gasteiger partial charge is 0.396 e. The summed E-state index contributed by atoms with van der Waals surface area (Å²) in [6.07, 6.45) is 1.41. The Balaban J connectivity index is 2.25. The van der Waals surface area contributed by atoms with Gasteiger partial charge in [-0.3, -0.25) is 10.1 Å². The smallest absolute Gasteiger partial charge is 0.328 e. The Morgan fingerprint density at radius 1 is 1.42 bits per heavy atom. The lowest BCUT2D eigenvalue weighted by molar-refractivity contribution is 0.101. The van der Waals surface area contributed by atoms with Crippen molar-refractivity contribution in [2.45, 2.75) is 26.7 Å². The maximum Gasteiger partial charge on any atom is 0.328 e. The molecule has 0 aliphatic heterocycles. The van der Waals surface area contributed by atoms with Crippen LogP contribution in [0.3, 0.4) is 0 Å². The van der Waals surface area contributed by atoms with Gasteiger partial charge in [0, 0.05) is 5.92 Å². The lowest BCUT2D eigenvalue weighted by Crippen LogP contribution is -2.18. The number of rotatable bonds is 3. The molecule has 2 rings (SSSR count). The lowest BCUT2D eigenvalue weighted by atomic mass is 10.2. The van der Waals surface area contributed by atoms with Crippen LogP contribution in [-0.2, 0) is 0 Å². The van der Waals surface area contributed by atoms with Gasteiger partial charge in [-0.2, -0.15) is 4.98 Å². The zero-order valence-electron chi connectivity index (χ0n) is 10.8. The van der Waals surface area contributed by atoms with Gasteiger partial charge in [0.05, 0.1) is 11.9 Å². The van der Waals surface area contributed by atoms with E-state index in [0.29, 0.717) is 11.6 Å². The number of anilines is 2. The van der Waals surface area contributed by atoms with Gasteiger partial charge < -0.3 is 10.3 Å². The molecule has 0 unspecified atom stereocenters. The van der Waals surface area contributed by atoms with Gasteiger partial charge in [-0.05, 0) is 6.92 Å². The van der Waals surface area contributed by atoms with Crippen LogP contribution in [0.15, 0.2) is 10.7 Å². The molecule has 0 aliphatic rings. The van der Waals surface area contributed by atoms with E-state index < -0.39 is 5.91 Å². The van der Waals surface area contributed by atoms with Crippen LogP contribution in [0.25, 0.3) is 0 Å². The standard InChI is InChI=1S/C11H14N6O2/c1-5(2)9-13-4-7(12)8(15-9)10(18)16-11-14-6(3)17-19-11/h4-5H,12H2,1-3H3,(H,14,16,17,18). The number of nitrogens with two attached hydrogens (primary N) is 1. The Bertz CT molecular complexity index is 607. The average Bonchev–Trinajstić information content (AvgIpc) is 2.74. The molecular weight excluding hydrogens is 248 g/mol. The summed E-state index contributed by atoms with van der Waals surface area (Å²) in [5.41, 5.74) is 5.98. The molecule has 0 bridgehead atoms. The summed E-state index contributed by atoms with van der Waals surface area (Å²) in [6, 6.07) is 0.00612. The molecule has 0 spiro atoms. The normalized spacial score (nSPS) is 10.7. The molecule has 3 N–H and O–H groups in total. The number of aromatic nitrogens is 4. The van der Waals surface area contributed by atoms with Crippen molar-refractivity contribution in [1.29, 1.82) is 0 Å². The van der Waals surface area contributed by atoms with Crippen molar-refractivity contribution < 1.29 is 9.32 Å². The average molecular weight is 262 g/mol. The Hall–Kier alpha value is -2.51.